The van der Waals surface area contributed by atoms with Gasteiger partial charge in [-0.3, -0.25) is 4.79 Å². The summed E-state index contributed by atoms with van der Waals surface area (Å²) in [5.74, 6) is 0.395. The maximum atomic E-state index is 13.5. The Kier molecular flexibility index (Phi) is 4.68. The molecule has 0 radical (unpaired) electrons. The van der Waals surface area contributed by atoms with E-state index in [2.05, 4.69) is 23.9 Å². The van der Waals surface area contributed by atoms with Gasteiger partial charge >= 0.3 is 0 Å². The van der Waals surface area contributed by atoms with Gasteiger partial charge in [-0.25, -0.2) is 4.39 Å². The van der Waals surface area contributed by atoms with Crippen molar-refractivity contribution < 1.29 is 13.7 Å². The Morgan fingerprint density at radius 3 is 2.68 bits per heavy atom. The number of halogens is 1. The number of nitrogens with zero attached hydrogens (tertiary/aromatic N) is 3. The predicted octanol–water partition coefficient (Wildman–Crippen LogP) is 4.35. The van der Waals surface area contributed by atoms with Crippen LogP contribution in [0.25, 0.3) is 0 Å². The zero-order chi connectivity index (χ0) is 20.1. The summed E-state index contributed by atoms with van der Waals surface area (Å²) in [4.78, 5) is 17.9. The van der Waals surface area contributed by atoms with E-state index in [9.17, 15) is 9.18 Å². The Hall–Kier alpha value is -2.37. The van der Waals surface area contributed by atoms with Gasteiger partial charge in [-0.2, -0.15) is 0 Å². The molecule has 6 heteroatoms. The number of amides is 1. The lowest BCUT2D eigenvalue weighted by molar-refractivity contribution is 0.0602. The van der Waals surface area contributed by atoms with Crippen molar-refractivity contribution in [3.8, 4) is 0 Å². The Morgan fingerprint density at radius 2 is 2.00 bits per heavy atom. The zero-order valence-electron chi connectivity index (χ0n) is 17.0. The second-order valence-electron chi connectivity index (χ2n) is 8.55. The fourth-order valence-corrected chi connectivity index (χ4v) is 5.11. The average molecular weight is 385 g/mol. The van der Waals surface area contributed by atoms with E-state index >= 15 is 0 Å². The number of carbonyl (C=O) groups excluding carboxylic acids is 1. The summed E-state index contributed by atoms with van der Waals surface area (Å²) in [6.07, 6.45) is 3.53. The quantitative estimate of drug-likeness (QED) is 0.788. The van der Waals surface area contributed by atoms with Crippen molar-refractivity contribution in [1.29, 1.82) is 0 Å². The number of likely N-dealkylation sites (tertiary alicyclic amines) is 1. The van der Waals surface area contributed by atoms with Crippen molar-refractivity contribution in [3.63, 3.8) is 0 Å². The maximum Gasteiger partial charge on any atom is 0.259 e. The number of rotatable bonds is 3. The van der Waals surface area contributed by atoms with Gasteiger partial charge in [0, 0.05) is 17.8 Å². The number of aryl methyl sites for hydroxylation is 2. The molecule has 2 aromatic rings. The van der Waals surface area contributed by atoms with Gasteiger partial charge in [0.2, 0.25) is 0 Å². The molecule has 0 bridgehead atoms. The van der Waals surface area contributed by atoms with E-state index in [0.29, 0.717) is 17.7 Å². The molecular weight excluding hydrogens is 357 g/mol. The maximum absolute atomic E-state index is 13.5. The van der Waals surface area contributed by atoms with Crippen LogP contribution < -0.4 is 4.90 Å². The lowest BCUT2D eigenvalue weighted by Crippen LogP contribution is -2.53. The number of carbonyl (C=O) groups is 1. The van der Waals surface area contributed by atoms with Gasteiger partial charge in [0.25, 0.3) is 5.91 Å². The monoisotopic (exact) mass is 385 g/mol. The van der Waals surface area contributed by atoms with Crippen LogP contribution in [-0.4, -0.2) is 40.1 Å². The topological polar surface area (TPSA) is 49.6 Å². The van der Waals surface area contributed by atoms with Crippen molar-refractivity contribution in [2.45, 2.75) is 71.0 Å². The number of aromatic nitrogens is 1. The molecule has 0 saturated carbocycles. The molecular formula is C22H28FN3O2. The number of piperidine rings is 1. The molecule has 1 aromatic heterocycles. The van der Waals surface area contributed by atoms with Gasteiger partial charge in [-0.15, -0.1) is 0 Å². The first kappa shape index (κ1) is 19.0. The molecule has 3 heterocycles. The number of hydrogen-bond donors (Lipinski definition) is 0. The van der Waals surface area contributed by atoms with E-state index in [1.807, 2.05) is 30.9 Å². The highest BCUT2D eigenvalue weighted by Gasteiger charge is 2.51. The molecule has 2 saturated heterocycles. The summed E-state index contributed by atoms with van der Waals surface area (Å²) >= 11 is 0. The molecule has 2 aliphatic rings. The fourth-order valence-electron chi connectivity index (χ4n) is 5.11. The van der Waals surface area contributed by atoms with Crippen LogP contribution in [0.15, 0.2) is 28.8 Å². The lowest BCUT2D eigenvalue weighted by Gasteiger charge is -2.42. The van der Waals surface area contributed by atoms with Gasteiger partial charge in [0.05, 0.1) is 17.8 Å². The summed E-state index contributed by atoms with van der Waals surface area (Å²) in [5, 5.41) is 4.07. The molecule has 0 N–H and O–H groups in total. The highest BCUT2D eigenvalue weighted by molar-refractivity contribution is 5.96. The summed E-state index contributed by atoms with van der Waals surface area (Å²) in [7, 11) is 0. The first-order valence-corrected chi connectivity index (χ1v) is 10.1. The van der Waals surface area contributed by atoms with E-state index in [1.54, 1.807) is 0 Å². The van der Waals surface area contributed by atoms with Gasteiger partial charge < -0.3 is 14.3 Å². The smallest absolute Gasteiger partial charge is 0.259 e. The second kappa shape index (κ2) is 6.90. The van der Waals surface area contributed by atoms with Crippen molar-refractivity contribution in [1.82, 2.24) is 10.1 Å². The van der Waals surface area contributed by atoms with E-state index in [1.165, 1.54) is 12.1 Å². The van der Waals surface area contributed by atoms with Crippen molar-refractivity contribution >= 4 is 11.6 Å². The number of fused-ring (bicyclic) bond motifs is 1. The third-order valence-electron chi connectivity index (χ3n) is 6.28. The molecule has 2 atom stereocenters. The Labute approximate surface area is 165 Å². The van der Waals surface area contributed by atoms with Crippen LogP contribution in [0.5, 0.6) is 0 Å². The van der Waals surface area contributed by atoms with Gasteiger partial charge in [0.15, 0.2) is 0 Å². The number of benzene rings is 1. The molecule has 150 valence electrons. The molecule has 1 aromatic carbocycles. The molecule has 4 rings (SSSR count). The lowest BCUT2D eigenvalue weighted by atomic mass is 9.93. The van der Waals surface area contributed by atoms with Crippen LogP contribution in [-0.2, 0) is 6.42 Å². The largest absolute Gasteiger partial charge is 0.361 e. The molecule has 0 spiro atoms. The average Bonchev–Trinajstić information content (AvgIpc) is 3.17. The third kappa shape index (κ3) is 2.99. The minimum Gasteiger partial charge on any atom is -0.361 e. The summed E-state index contributed by atoms with van der Waals surface area (Å²) < 4.78 is 18.8. The van der Waals surface area contributed by atoms with E-state index in [-0.39, 0.29) is 29.3 Å². The highest BCUT2D eigenvalue weighted by atomic mass is 19.1. The van der Waals surface area contributed by atoms with E-state index in [0.717, 1.165) is 37.2 Å². The molecule has 5 nitrogen and oxygen atoms in total. The highest BCUT2D eigenvalue weighted by Crippen LogP contribution is 2.44. The first-order valence-electron chi connectivity index (χ1n) is 10.1. The van der Waals surface area contributed by atoms with Crippen LogP contribution in [0.2, 0.25) is 0 Å². The standard InChI is InChI=1S/C22H28FN3O2/c1-5-17-20(14(2)28-24-17)21(27)25-12-6-7-18-19(25)13-22(3,4)26(18)16-10-8-15(23)9-11-16/h8-11,18-19H,5-7,12-13H2,1-4H3/t18-,19-/m0/s1. The van der Waals surface area contributed by atoms with Crippen LogP contribution in [0.1, 0.15) is 61.8 Å². The van der Waals surface area contributed by atoms with Crippen molar-refractivity contribution in [2.24, 2.45) is 0 Å². The molecule has 2 aliphatic heterocycles. The van der Waals surface area contributed by atoms with Gasteiger partial charge in [-0.05, 0) is 70.7 Å². The van der Waals surface area contributed by atoms with Crippen LogP contribution in [0.4, 0.5) is 10.1 Å². The first-order chi connectivity index (χ1) is 13.3. The Bertz CT molecular complexity index is 874. The van der Waals surface area contributed by atoms with Crippen LogP contribution in [0, 0.1) is 12.7 Å². The van der Waals surface area contributed by atoms with Gasteiger partial charge in [0.1, 0.15) is 17.1 Å². The Balaban J connectivity index is 1.68. The molecule has 1 amide bonds. The molecule has 2 fully saturated rings. The van der Waals surface area contributed by atoms with Gasteiger partial charge in [-0.1, -0.05) is 12.1 Å². The summed E-state index contributed by atoms with van der Waals surface area (Å²) in [6.45, 7) is 8.96. The SMILES string of the molecule is CCc1noc(C)c1C(=O)N1CCC[C@H]2[C@@H]1CC(C)(C)N2c1ccc(F)cc1. The van der Waals surface area contributed by atoms with E-state index < -0.39 is 0 Å². The zero-order valence-corrected chi connectivity index (χ0v) is 17.0. The third-order valence-corrected chi connectivity index (χ3v) is 6.28. The predicted molar refractivity (Wildman–Crippen MR) is 106 cm³/mol. The van der Waals surface area contributed by atoms with Crippen LogP contribution in [0.3, 0.4) is 0 Å². The molecule has 0 aliphatic carbocycles. The van der Waals surface area contributed by atoms with Crippen molar-refractivity contribution in [3.05, 3.63) is 47.1 Å². The van der Waals surface area contributed by atoms with E-state index in [4.69, 9.17) is 4.52 Å². The number of anilines is 1. The minimum absolute atomic E-state index is 0.0297. The Morgan fingerprint density at radius 1 is 1.29 bits per heavy atom. The normalized spacial score (nSPS) is 23.8. The second-order valence-corrected chi connectivity index (χ2v) is 8.55. The number of hydrogen-bond acceptors (Lipinski definition) is 4. The molecule has 28 heavy (non-hydrogen) atoms. The summed E-state index contributed by atoms with van der Waals surface area (Å²) in [6, 6.07) is 7.07. The van der Waals surface area contributed by atoms with Crippen LogP contribution >= 0.6 is 0 Å². The fraction of sp³-hybridized carbons (Fsp3) is 0.545. The minimum atomic E-state index is -0.229. The molecule has 0 unspecified atom stereocenters. The van der Waals surface area contributed by atoms with Crippen molar-refractivity contribution in [2.75, 3.05) is 11.4 Å². The summed E-state index contributed by atoms with van der Waals surface area (Å²) in [5.41, 5.74) is 2.26.